The number of amides is 1. The number of rotatable bonds is 3. The molecule has 3 rings (SSSR count). The number of aromatic nitrogens is 4. The van der Waals surface area contributed by atoms with Crippen LogP contribution in [0.15, 0.2) is 10.9 Å². The van der Waals surface area contributed by atoms with E-state index in [1.54, 1.807) is 23.0 Å². The summed E-state index contributed by atoms with van der Waals surface area (Å²) in [5, 5.41) is 5.31. The zero-order valence-corrected chi connectivity index (χ0v) is 17.4. The number of anilines is 1. The lowest BCUT2D eigenvalue weighted by Gasteiger charge is -2.26. The van der Waals surface area contributed by atoms with Crippen molar-refractivity contribution in [2.45, 2.75) is 32.8 Å². The van der Waals surface area contributed by atoms with Gasteiger partial charge in [0.25, 0.3) is 0 Å². The minimum atomic E-state index is -0.480. The Bertz CT molecular complexity index is 815. The highest BCUT2D eigenvalue weighted by Gasteiger charge is 2.29. The number of hydrogen-bond donors (Lipinski definition) is 0. The Morgan fingerprint density at radius 3 is 2.85 bits per heavy atom. The molecule has 3 heterocycles. The van der Waals surface area contributed by atoms with E-state index >= 15 is 0 Å². The molecule has 8 nitrogen and oxygen atoms in total. The van der Waals surface area contributed by atoms with Crippen LogP contribution in [0.4, 0.5) is 10.6 Å². The first kappa shape index (κ1) is 18.9. The fourth-order valence-corrected chi connectivity index (χ4v) is 3.83. The van der Waals surface area contributed by atoms with Crippen LogP contribution in [0.3, 0.4) is 0 Å². The molecule has 0 aromatic carbocycles. The average molecular weight is 425 g/mol. The topological polar surface area (TPSA) is 76.4 Å². The van der Waals surface area contributed by atoms with Gasteiger partial charge in [-0.2, -0.15) is 5.10 Å². The van der Waals surface area contributed by atoms with Gasteiger partial charge in [-0.1, -0.05) is 0 Å². The highest BCUT2D eigenvalue weighted by molar-refractivity contribution is 9.10. The van der Waals surface area contributed by atoms with E-state index in [0.717, 1.165) is 41.0 Å². The van der Waals surface area contributed by atoms with E-state index in [1.807, 2.05) is 27.8 Å². The van der Waals surface area contributed by atoms with Gasteiger partial charge in [-0.25, -0.2) is 19.4 Å². The Labute approximate surface area is 161 Å². The van der Waals surface area contributed by atoms with Crippen LogP contribution in [-0.2, 0) is 11.8 Å². The van der Waals surface area contributed by atoms with Crippen molar-refractivity contribution in [2.24, 2.45) is 13.0 Å². The van der Waals surface area contributed by atoms with E-state index in [4.69, 9.17) is 4.74 Å². The Kier molecular flexibility index (Phi) is 5.09. The normalized spacial score (nSPS) is 17.8. The standard InChI is InChI=1S/C17H25BrN6O2/c1-17(2,3)26-16(25)22(4)8-11-6-7-24(9-11)15-12-13(18)21-23(5)14(12)19-10-20-15/h10-11H,6-9H2,1-5H3. The number of carbonyl (C=O) groups excluding carboxylic acids is 1. The van der Waals surface area contributed by atoms with E-state index < -0.39 is 5.60 Å². The zero-order valence-electron chi connectivity index (χ0n) is 15.9. The molecule has 0 spiro atoms. The molecule has 2 aromatic rings. The second kappa shape index (κ2) is 7.02. The highest BCUT2D eigenvalue weighted by atomic mass is 79.9. The summed E-state index contributed by atoms with van der Waals surface area (Å²) < 4.78 is 7.93. The minimum Gasteiger partial charge on any atom is -0.444 e. The quantitative estimate of drug-likeness (QED) is 0.753. The smallest absolute Gasteiger partial charge is 0.410 e. The molecule has 1 amide bonds. The lowest BCUT2D eigenvalue weighted by atomic mass is 10.1. The van der Waals surface area contributed by atoms with Crippen LogP contribution >= 0.6 is 15.9 Å². The molecule has 1 aliphatic rings. The lowest BCUT2D eigenvalue weighted by molar-refractivity contribution is 0.0277. The van der Waals surface area contributed by atoms with Crippen LogP contribution in [0, 0.1) is 5.92 Å². The van der Waals surface area contributed by atoms with E-state index in [1.165, 1.54) is 0 Å². The Morgan fingerprint density at radius 2 is 2.15 bits per heavy atom. The first-order valence-electron chi connectivity index (χ1n) is 8.68. The third kappa shape index (κ3) is 3.92. The summed E-state index contributed by atoms with van der Waals surface area (Å²) in [6, 6.07) is 0. The molecular formula is C17H25BrN6O2. The van der Waals surface area contributed by atoms with Gasteiger partial charge in [-0.15, -0.1) is 0 Å². The highest BCUT2D eigenvalue weighted by Crippen LogP contribution is 2.32. The van der Waals surface area contributed by atoms with E-state index in [9.17, 15) is 4.79 Å². The van der Waals surface area contributed by atoms with E-state index in [0.29, 0.717) is 12.5 Å². The molecule has 1 fully saturated rings. The largest absolute Gasteiger partial charge is 0.444 e. The molecule has 0 radical (unpaired) electrons. The van der Waals surface area contributed by atoms with Crippen LogP contribution in [0.1, 0.15) is 27.2 Å². The SMILES string of the molecule is CN(CC1CCN(c2ncnc3c2c(Br)nn3C)C1)C(=O)OC(C)(C)C. The van der Waals surface area contributed by atoms with Gasteiger partial charge in [0.05, 0.1) is 5.39 Å². The third-order valence-electron chi connectivity index (χ3n) is 4.38. The van der Waals surface area contributed by atoms with Gasteiger partial charge >= 0.3 is 6.09 Å². The summed E-state index contributed by atoms with van der Waals surface area (Å²) in [6.07, 6.45) is 2.29. The Morgan fingerprint density at radius 1 is 1.42 bits per heavy atom. The molecule has 26 heavy (non-hydrogen) atoms. The van der Waals surface area contributed by atoms with Crippen LogP contribution in [0.5, 0.6) is 0 Å². The van der Waals surface area contributed by atoms with Crippen molar-refractivity contribution >= 4 is 38.9 Å². The van der Waals surface area contributed by atoms with Crippen LogP contribution in [0.2, 0.25) is 0 Å². The van der Waals surface area contributed by atoms with Crippen molar-refractivity contribution in [3.05, 3.63) is 10.9 Å². The summed E-state index contributed by atoms with van der Waals surface area (Å²) in [6.45, 7) is 8.02. The summed E-state index contributed by atoms with van der Waals surface area (Å²) in [7, 11) is 3.66. The number of carbonyl (C=O) groups is 1. The molecule has 0 bridgehead atoms. The molecule has 0 N–H and O–H groups in total. The van der Waals surface area contributed by atoms with Crippen LogP contribution in [-0.4, -0.2) is 63.0 Å². The van der Waals surface area contributed by atoms with Gasteiger partial charge in [0.15, 0.2) is 5.65 Å². The maximum absolute atomic E-state index is 12.2. The second-order valence-corrected chi connectivity index (χ2v) is 8.52. The van der Waals surface area contributed by atoms with Gasteiger partial charge in [0, 0.05) is 33.7 Å². The molecule has 9 heteroatoms. The Hall–Kier alpha value is -1.90. The molecular weight excluding hydrogens is 400 g/mol. The summed E-state index contributed by atoms with van der Waals surface area (Å²) in [4.78, 5) is 24.9. The first-order chi connectivity index (χ1) is 12.2. The molecule has 0 saturated carbocycles. The molecule has 1 unspecified atom stereocenters. The maximum Gasteiger partial charge on any atom is 0.410 e. The number of halogens is 1. The number of aryl methyl sites for hydroxylation is 1. The fourth-order valence-electron chi connectivity index (χ4n) is 3.24. The number of hydrogen-bond acceptors (Lipinski definition) is 6. The molecule has 2 aromatic heterocycles. The number of ether oxygens (including phenoxy) is 1. The van der Waals surface area contributed by atoms with Crippen molar-refractivity contribution in [3.63, 3.8) is 0 Å². The Balaban J connectivity index is 1.69. The van der Waals surface area contributed by atoms with Gasteiger partial charge in [-0.05, 0) is 49.0 Å². The van der Waals surface area contributed by atoms with Gasteiger partial charge in [0.2, 0.25) is 0 Å². The van der Waals surface area contributed by atoms with E-state index in [-0.39, 0.29) is 6.09 Å². The fraction of sp³-hybridized carbons (Fsp3) is 0.647. The number of nitrogens with zero attached hydrogens (tertiary/aromatic N) is 6. The first-order valence-corrected chi connectivity index (χ1v) is 9.47. The van der Waals surface area contributed by atoms with Crippen molar-refractivity contribution in [1.82, 2.24) is 24.6 Å². The molecule has 1 saturated heterocycles. The second-order valence-electron chi connectivity index (χ2n) is 7.77. The van der Waals surface area contributed by atoms with Gasteiger partial charge < -0.3 is 14.5 Å². The van der Waals surface area contributed by atoms with Crippen molar-refractivity contribution in [2.75, 3.05) is 31.6 Å². The van der Waals surface area contributed by atoms with Crippen molar-refractivity contribution in [3.8, 4) is 0 Å². The molecule has 142 valence electrons. The molecule has 1 atom stereocenters. The zero-order chi connectivity index (χ0) is 19.1. The van der Waals surface area contributed by atoms with Crippen LogP contribution in [0.25, 0.3) is 11.0 Å². The predicted octanol–water partition coefficient (Wildman–Crippen LogP) is 2.82. The minimum absolute atomic E-state index is 0.282. The van der Waals surface area contributed by atoms with Crippen molar-refractivity contribution in [1.29, 1.82) is 0 Å². The summed E-state index contributed by atoms with van der Waals surface area (Å²) in [5.74, 6) is 1.25. The average Bonchev–Trinajstić information content (AvgIpc) is 3.11. The van der Waals surface area contributed by atoms with Gasteiger partial charge in [0.1, 0.15) is 22.3 Å². The molecule has 1 aliphatic heterocycles. The van der Waals surface area contributed by atoms with Crippen molar-refractivity contribution < 1.29 is 9.53 Å². The number of fused-ring (bicyclic) bond motifs is 1. The third-order valence-corrected chi connectivity index (χ3v) is 4.94. The van der Waals surface area contributed by atoms with Crippen LogP contribution < -0.4 is 4.90 Å². The summed E-state index contributed by atoms with van der Waals surface area (Å²) >= 11 is 3.51. The van der Waals surface area contributed by atoms with E-state index in [2.05, 4.69) is 35.9 Å². The summed E-state index contributed by atoms with van der Waals surface area (Å²) in [5.41, 5.74) is 0.322. The lowest BCUT2D eigenvalue weighted by Crippen LogP contribution is -2.37. The maximum atomic E-state index is 12.2. The monoisotopic (exact) mass is 424 g/mol. The van der Waals surface area contributed by atoms with Gasteiger partial charge in [-0.3, -0.25) is 0 Å². The molecule has 0 aliphatic carbocycles. The predicted molar refractivity (Wildman–Crippen MR) is 103 cm³/mol.